The first-order valence-electron chi connectivity index (χ1n) is 6.40. The molecule has 0 aromatic carbocycles. The van der Waals surface area contributed by atoms with Crippen molar-refractivity contribution in [3.8, 4) is 0 Å². The maximum Gasteiger partial charge on any atom is 0.214 e. The van der Waals surface area contributed by atoms with E-state index in [4.69, 9.17) is 0 Å². The summed E-state index contributed by atoms with van der Waals surface area (Å²) in [4.78, 5) is 8.93. The number of aromatic nitrogens is 3. The van der Waals surface area contributed by atoms with Gasteiger partial charge in [-0.15, -0.1) is 16.4 Å². The summed E-state index contributed by atoms with van der Waals surface area (Å²) in [5.41, 5.74) is 1.00. The number of nitrogens with one attached hydrogen (secondary N) is 1. The molecule has 0 amide bonds. The molecule has 106 valence electrons. The molecule has 5 nitrogen and oxygen atoms in total. The van der Waals surface area contributed by atoms with Crippen molar-refractivity contribution in [3.05, 3.63) is 34.3 Å². The van der Waals surface area contributed by atoms with Crippen LogP contribution in [-0.2, 0) is 0 Å². The first kappa shape index (κ1) is 13.5. The molecule has 1 N–H and O–H groups in total. The zero-order valence-corrected chi connectivity index (χ0v) is 13.3. The Morgan fingerprint density at radius 3 is 2.95 bits per heavy atom. The molecule has 0 saturated heterocycles. The fourth-order valence-electron chi connectivity index (χ4n) is 2.08. The van der Waals surface area contributed by atoms with Gasteiger partial charge in [-0.2, -0.15) is 0 Å². The number of anilines is 1. The van der Waals surface area contributed by atoms with E-state index in [1.807, 2.05) is 17.6 Å². The topological polar surface area (TPSA) is 45.5 Å². The van der Waals surface area contributed by atoms with E-state index in [0.717, 1.165) is 22.3 Å². The molecule has 0 fully saturated rings. The Balaban J connectivity index is 1.72. The molecule has 0 aliphatic rings. The highest BCUT2D eigenvalue weighted by atomic mass is 32.1. The second-order valence-corrected chi connectivity index (χ2v) is 6.83. The largest absolute Gasteiger partial charge is 0.358 e. The van der Waals surface area contributed by atoms with Crippen molar-refractivity contribution in [2.75, 3.05) is 26.0 Å². The molecule has 7 heteroatoms. The summed E-state index contributed by atoms with van der Waals surface area (Å²) in [5.74, 6) is 0. The van der Waals surface area contributed by atoms with Gasteiger partial charge in [0.15, 0.2) is 0 Å². The molecule has 3 heterocycles. The van der Waals surface area contributed by atoms with Gasteiger partial charge in [-0.05, 0) is 32.5 Å². The number of nitrogens with zero attached hydrogens (tertiary/aromatic N) is 4. The van der Waals surface area contributed by atoms with Gasteiger partial charge < -0.3 is 10.2 Å². The van der Waals surface area contributed by atoms with Crippen LogP contribution in [0.5, 0.6) is 0 Å². The Kier molecular flexibility index (Phi) is 3.73. The average molecular weight is 307 g/mol. The van der Waals surface area contributed by atoms with Gasteiger partial charge in [-0.1, -0.05) is 17.4 Å². The first-order valence-corrected chi connectivity index (χ1v) is 8.09. The van der Waals surface area contributed by atoms with Crippen LogP contribution >= 0.6 is 22.7 Å². The van der Waals surface area contributed by atoms with E-state index in [1.54, 1.807) is 22.7 Å². The van der Waals surface area contributed by atoms with Crippen molar-refractivity contribution in [3.63, 3.8) is 0 Å². The van der Waals surface area contributed by atoms with Crippen molar-refractivity contribution in [2.45, 2.75) is 13.0 Å². The molecule has 1 atom stereocenters. The summed E-state index contributed by atoms with van der Waals surface area (Å²) >= 11 is 3.37. The molecule has 0 radical (unpaired) electrons. The second kappa shape index (κ2) is 5.51. The molecule has 0 unspecified atom stereocenters. The van der Waals surface area contributed by atoms with Crippen molar-refractivity contribution in [2.24, 2.45) is 0 Å². The quantitative estimate of drug-likeness (QED) is 0.787. The predicted molar refractivity (Wildman–Crippen MR) is 84.8 cm³/mol. The molecule has 3 aromatic rings. The number of thiophene rings is 1. The van der Waals surface area contributed by atoms with Crippen molar-refractivity contribution >= 4 is 32.8 Å². The lowest BCUT2D eigenvalue weighted by Crippen LogP contribution is -2.26. The summed E-state index contributed by atoms with van der Waals surface area (Å²) in [7, 11) is 4.20. The zero-order chi connectivity index (χ0) is 14.1. The summed E-state index contributed by atoms with van der Waals surface area (Å²) in [6.45, 7) is 2.82. The lowest BCUT2D eigenvalue weighted by Gasteiger charge is -2.23. The Labute approximate surface area is 125 Å². The number of fused-ring (bicyclic) bond motifs is 1. The van der Waals surface area contributed by atoms with Gasteiger partial charge in [0.25, 0.3) is 0 Å². The van der Waals surface area contributed by atoms with E-state index >= 15 is 0 Å². The van der Waals surface area contributed by atoms with Crippen LogP contribution in [0.25, 0.3) is 4.96 Å². The van der Waals surface area contributed by atoms with Crippen molar-refractivity contribution < 1.29 is 0 Å². The normalized spacial score (nSPS) is 13.2. The molecular formula is C13H17N5S2. The summed E-state index contributed by atoms with van der Waals surface area (Å²) in [6.07, 6.45) is 1.94. The smallest absolute Gasteiger partial charge is 0.214 e. The van der Waals surface area contributed by atoms with Crippen LogP contribution in [0.4, 0.5) is 5.13 Å². The lowest BCUT2D eigenvalue weighted by atomic mass is 10.2. The third-order valence-electron chi connectivity index (χ3n) is 3.11. The molecule has 0 aliphatic heterocycles. The summed E-state index contributed by atoms with van der Waals surface area (Å²) in [6, 6.07) is 4.62. The highest BCUT2D eigenvalue weighted by molar-refractivity contribution is 7.20. The van der Waals surface area contributed by atoms with Crippen LogP contribution in [0.3, 0.4) is 0 Å². The molecule has 20 heavy (non-hydrogen) atoms. The average Bonchev–Trinajstić information content (AvgIpc) is 3.05. The van der Waals surface area contributed by atoms with Gasteiger partial charge >= 0.3 is 0 Å². The fraction of sp³-hybridized carbons (Fsp3) is 0.385. The van der Waals surface area contributed by atoms with Gasteiger partial charge in [0.1, 0.15) is 0 Å². The van der Waals surface area contributed by atoms with Crippen molar-refractivity contribution in [1.82, 2.24) is 19.5 Å². The van der Waals surface area contributed by atoms with E-state index in [1.165, 1.54) is 4.88 Å². The number of hydrogen-bond acceptors (Lipinski definition) is 6. The zero-order valence-electron chi connectivity index (χ0n) is 11.7. The number of hydrogen-bond donors (Lipinski definition) is 1. The molecule has 0 saturated carbocycles. The molecule has 0 spiro atoms. The molecule has 3 aromatic heterocycles. The van der Waals surface area contributed by atoms with Crippen LogP contribution in [0, 0.1) is 6.92 Å². The van der Waals surface area contributed by atoms with Crippen LogP contribution in [0.2, 0.25) is 0 Å². The Hall–Kier alpha value is -1.44. The minimum Gasteiger partial charge on any atom is -0.358 e. The number of aryl methyl sites for hydroxylation is 1. The van der Waals surface area contributed by atoms with E-state index in [2.05, 4.69) is 51.9 Å². The van der Waals surface area contributed by atoms with Gasteiger partial charge in [0.05, 0.1) is 17.9 Å². The standard InChI is InChI=1S/C13H17N5S2/c1-9-8-18-13(15-9)20-12(16-18)14-7-10(17(2)3)11-5-4-6-19-11/h4-6,8,10H,7H2,1-3H3,(H,14,16)/t10-/m0/s1. The van der Waals surface area contributed by atoms with Crippen molar-refractivity contribution in [1.29, 1.82) is 0 Å². The number of rotatable bonds is 5. The molecule has 0 bridgehead atoms. The highest BCUT2D eigenvalue weighted by Gasteiger charge is 2.16. The van der Waals surface area contributed by atoms with Gasteiger partial charge in [0, 0.05) is 11.4 Å². The maximum atomic E-state index is 4.49. The monoisotopic (exact) mass is 307 g/mol. The fourth-order valence-corrected chi connectivity index (χ4v) is 3.84. The van der Waals surface area contributed by atoms with Gasteiger partial charge in [-0.25, -0.2) is 9.50 Å². The van der Waals surface area contributed by atoms with E-state index in [-0.39, 0.29) is 0 Å². The minimum absolute atomic E-state index is 0.355. The van der Waals surface area contributed by atoms with E-state index in [9.17, 15) is 0 Å². The van der Waals surface area contributed by atoms with E-state index in [0.29, 0.717) is 6.04 Å². The highest BCUT2D eigenvalue weighted by Crippen LogP contribution is 2.25. The van der Waals surface area contributed by atoms with Crippen LogP contribution in [0.15, 0.2) is 23.7 Å². The van der Waals surface area contributed by atoms with Crippen LogP contribution in [-0.4, -0.2) is 40.1 Å². The predicted octanol–water partition coefficient (Wildman–Crippen LogP) is 2.88. The maximum absolute atomic E-state index is 4.49. The van der Waals surface area contributed by atoms with Crippen LogP contribution in [0.1, 0.15) is 16.6 Å². The first-order chi connectivity index (χ1) is 9.63. The lowest BCUT2D eigenvalue weighted by molar-refractivity contribution is 0.316. The molecule has 0 aliphatic carbocycles. The number of imidazole rings is 1. The van der Waals surface area contributed by atoms with Crippen LogP contribution < -0.4 is 5.32 Å². The number of likely N-dealkylation sites (N-methyl/N-ethyl adjacent to an activating group) is 1. The third-order valence-corrected chi connectivity index (χ3v) is 4.96. The molecule has 3 rings (SSSR count). The minimum atomic E-state index is 0.355. The van der Waals surface area contributed by atoms with Gasteiger partial charge in [0.2, 0.25) is 10.1 Å². The van der Waals surface area contributed by atoms with Gasteiger partial charge in [-0.3, -0.25) is 0 Å². The Morgan fingerprint density at radius 1 is 1.45 bits per heavy atom. The Bertz CT molecular complexity index is 651. The molecular weight excluding hydrogens is 290 g/mol. The second-order valence-electron chi connectivity index (χ2n) is 4.89. The summed E-state index contributed by atoms with van der Waals surface area (Å²) in [5, 5.41) is 10.9. The SMILES string of the molecule is Cc1cn2nc(NC[C@@H](c3cccs3)N(C)C)sc2n1. The summed E-state index contributed by atoms with van der Waals surface area (Å²) < 4.78 is 1.83. The van der Waals surface area contributed by atoms with E-state index < -0.39 is 0 Å². The third kappa shape index (κ3) is 2.70. The Morgan fingerprint density at radius 2 is 2.30 bits per heavy atom.